The summed E-state index contributed by atoms with van der Waals surface area (Å²) in [4.78, 5) is 8.56. The molecule has 5 rings (SSSR count). The lowest BCUT2D eigenvalue weighted by atomic mass is 9.86. The van der Waals surface area contributed by atoms with E-state index in [1.807, 2.05) is 24.3 Å². The highest BCUT2D eigenvalue weighted by atomic mass is 35.5. The first-order chi connectivity index (χ1) is 18.3. The molecule has 0 aliphatic carbocycles. The molecule has 0 saturated carbocycles. The van der Waals surface area contributed by atoms with Crippen molar-refractivity contribution >= 4 is 17.3 Å². The van der Waals surface area contributed by atoms with Crippen LogP contribution >= 0.6 is 11.6 Å². The molecule has 2 aromatic carbocycles. The van der Waals surface area contributed by atoms with Crippen molar-refractivity contribution < 1.29 is 13.9 Å². The SMILES string of the molecule is CC(n1nnnc1CCN1CCN(c2ccc(Cl)cc2)CC1)C(O)(Cn1cncn1)c1ccc(F)cc1F. The molecule has 3 heterocycles. The van der Waals surface area contributed by atoms with Crippen LogP contribution in [0.3, 0.4) is 0 Å². The Morgan fingerprint density at radius 2 is 1.84 bits per heavy atom. The van der Waals surface area contributed by atoms with Crippen LogP contribution in [0.1, 0.15) is 24.4 Å². The second-order valence-electron chi connectivity index (χ2n) is 9.41. The Balaban J connectivity index is 1.29. The molecule has 1 aliphatic rings. The summed E-state index contributed by atoms with van der Waals surface area (Å²) in [5, 5.41) is 28.8. The minimum atomic E-state index is -1.85. The first kappa shape index (κ1) is 26.1. The van der Waals surface area contributed by atoms with E-state index in [4.69, 9.17) is 11.6 Å². The van der Waals surface area contributed by atoms with Crippen LogP contribution in [0.4, 0.5) is 14.5 Å². The van der Waals surface area contributed by atoms with Gasteiger partial charge in [-0.25, -0.2) is 23.1 Å². The largest absolute Gasteiger partial charge is 0.381 e. The Hall–Kier alpha value is -3.48. The highest BCUT2D eigenvalue weighted by molar-refractivity contribution is 6.30. The van der Waals surface area contributed by atoms with Gasteiger partial charge in [0.15, 0.2) is 5.82 Å². The standard InChI is InChI=1S/C25H28ClF2N9O/c1-18(25(38,15-36-17-29-16-30-36)22-7-4-20(27)14-23(22)28)37-24(31-32-33-37)8-9-34-10-12-35(13-11-34)21-5-2-19(26)3-6-21/h2-7,14,16-18,38H,8-13,15H2,1H3. The van der Waals surface area contributed by atoms with Crippen molar-refractivity contribution in [3.05, 3.63) is 83.2 Å². The quantitative estimate of drug-likeness (QED) is 0.344. The summed E-state index contributed by atoms with van der Waals surface area (Å²) < 4.78 is 31.5. The van der Waals surface area contributed by atoms with E-state index < -0.39 is 23.3 Å². The fourth-order valence-electron chi connectivity index (χ4n) is 4.86. The molecule has 0 spiro atoms. The molecule has 200 valence electrons. The zero-order valence-corrected chi connectivity index (χ0v) is 21.6. The molecule has 1 saturated heterocycles. The van der Waals surface area contributed by atoms with E-state index in [0.717, 1.165) is 49.0 Å². The molecular formula is C25H28ClF2N9O. The second kappa shape index (κ2) is 11.1. The number of anilines is 1. The maximum atomic E-state index is 14.9. The Morgan fingerprint density at radius 3 is 2.53 bits per heavy atom. The number of aliphatic hydroxyl groups is 1. The van der Waals surface area contributed by atoms with E-state index in [1.165, 1.54) is 28.1 Å². The Kier molecular flexibility index (Phi) is 7.63. The fraction of sp³-hybridized carbons (Fsp3) is 0.400. The molecule has 2 atom stereocenters. The van der Waals surface area contributed by atoms with Gasteiger partial charge in [-0.1, -0.05) is 17.7 Å². The smallest absolute Gasteiger partial charge is 0.153 e. The minimum Gasteiger partial charge on any atom is -0.381 e. The van der Waals surface area contributed by atoms with Gasteiger partial charge in [0, 0.05) is 61.5 Å². The Morgan fingerprint density at radius 1 is 1.08 bits per heavy atom. The molecule has 0 bridgehead atoms. The van der Waals surface area contributed by atoms with Crippen molar-refractivity contribution in [1.29, 1.82) is 0 Å². The average molecular weight is 544 g/mol. The van der Waals surface area contributed by atoms with Crippen molar-refractivity contribution in [2.75, 3.05) is 37.6 Å². The van der Waals surface area contributed by atoms with Crippen LogP contribution in [-0.2, 0) is 18.6 Å². The number of hydrogen-bond acceptors (Lipinski definition) is 8. The minimum absolute atomic E-state index is 0.0818. The highest BCUT2D eigenvalue weighted by Gasteiger charge is 2.42. The number of tetrazole rings is 1. The molecule has 4 aromatic rings. The van der Waals surface area contributed by atoms with Gasteiger partial charge in [0.05, 0.1) is 12.6 Å². The van der Waals surface area contributed by atoms with Crippen LogP contribution in [0.5, 0.6) is 0 Å². The number of nitrogens with zero attached hydrogens (tertiary/aromatic N) is 9. The predicted octanol–water partition coefficient (Wildman–Crippen LogP) is 2.71. The molecular weight excluding hydrogens is 516 g/mol. The summed E-state index contributed by atoms with van der Waals surface area (Å²) in [6, 6.07) is 10.1. The lowest BCUT2D eigenvalue weighted by Gasteiger charge is -2.36. The molecule has 0 radical (unpaired) electrons. The van der Waals surface area contributed by atoms with E-state index in [0.29, 0.717) is 18.8 Å². The number of aromatic nitrogens is 7. The summed E-state index contributed by atoms with van der Waals surface area (Å²) in [7, 11) is 0. The van der Waals surface area contributed by atoms with Crippen LogP contribution in [-0.4, -0.2) is 77.7 Å². The van der Waals surface area contributed by atoms with Gasteiger partial charge in [0.1, 0.15) is 29.9 Å². The summed E-state index contributed by atoms with van der Waals surface area (Å²) >= 11 is 6.01. The van der Waals surface area contributed by atoms with Crippen molar-refractivity contribution in [3.8, 4) is 0 Å². The molecule has 1 aliphatic heterocycles. The third-order valence-electron chi connectivity index (χ3n) is 7.10. The topological polar surface area (TPSA) is 101 Å². The summed E-state index contributed by atoms with van der Waals surface area (Å²) in [6.07, 6.45) is 3.27. The van der Waals surface area contributed by atoms with Crippen molar-refractivity contribution in [2.24, 2.45) is 0 Å². The monoisotopic (exact) mass is 543 g/mol. The summed E-state index contributed by atoms with van der Waals surface area (Å²) in [5.41, 5.74) is -0.784. The van der Waals surface area contributed by atoms with Crippen molar-refractivity contribution in [2.45, 2.75) is 31.5 Å². The summed E-state index contributed by atoms with van der Waals surface area (Å²) in [5.74, 6) is -1.05. The van der Waals surface area contributed by atoms with E-state index in [9.17, 15) is 13.9 Å². The number of rotatable bonds is 9. The molecule has 38 heavy (non-hydrogen) atoms. The van der Waals surface area contributed by atoms with Gasteiger partial charge >= 0.3 is 0 Å². The highest BCUT2D eigenvalue weighted by Crippen LogP contribution is 2.36. The van der Waals surface area contributed by atoms with E-state index in [2.05, 4.69) is 35.4 Å². The summed E-state index contributed by atoms with van der Waals surface area (Å²) in [6.45, 7) is 5.78. The molecule has 1 fully saturated rings. The van der Waals surface area contributed by atoms with Crippen LogP contribution in [0.25, 0.3) is 0 Å². The van der Waals surface area contributed by atoms with Gasteiger partial charge in [-0.2, -0.15) is 5.10 Å². The number of benzene rings is 2. The van der Waals surface area contributed by atoms with Crippen LogP contribution in [0, 0.1) is 11.6 Å². The second-order valence-corrected chi connectivity index (χ2v) is 9.85. The molecule has 1 N–H and O–H groups in total. The Bertz CT molecular complexity index is 1340. The predicted molar refractivity (Wildman–Crippen MR) is 137 cm³/mol. The van der Waals surface area contributed by atoms with Gasteiger partial charge in [-0.3, -0.25) is 4.90 Å². The first-order valence-corrected chi connectivity index (χ1v) is 12.7. The molecule has 0 amide bonds. The van der Waals surface area contributed by atoms with Gasteiger partial charge < -0.3 is 10.0 Å². The molecule has 2 aromatic heterocycles. The number of piperazine rings is 1. The van der Waals surface area contributed by atoms with E-state index >= 15 is 0 Å². The van der Waals surface area contributed by atoms with Crippen molar-refractivity contribution in [1.82, 2.24) is 39.9 Å². The zero-order chi connectivity index (χ0) is 26.7. The number of hydrogen-bond donors (Lipinski definition) is 1. The Labute approximate surface area is 223 Å². The lowest BCUT2D eigenvalue weighted by Crippen LogP contribution is -2.47. The van der Waals surface area contributed by atoms with Gasteiger partial charge in [-0.05, 0) is 47.7 Å². The maximum Gasteiger partial charge on any atom is 0.153 e. The third-order valence-corrected chi connectivity index (χ3v) is 7.35. The number of halogens is 3. The average Bonchev–Trinajstić information content (AvgIpc) is 3.60. The van der Waals surface area contributed by atoms with Gasteiger partial charge in [-0.15, -0.1) is 5.10 Å². The molecule has 13 heteroatoms. The van der Waals surface area contributed by atoms with Crippen LogP contribution < -0.4 is 4.90 Å². The zero-order valence-electron chi connectivity index (χ0n) is 20.8. The van der Waals surface area contributed by atoms with Gasteiger partial charge in [0.25, 0.3) is 0 Å². The van der Waals surface area contributed by atoms with Crippen LogP contribution in [0.2, 0.25) is 5.02 Å². The van der Waals surface area contributed by atoms with E-state index in [1.54, 1.807) is 6.92 Å². The lowest BCUT2D eigenvalue weighted by molar-refractivity contribution is -0.0384. The maximum absolute atomic E-state index is 14.9. The molecule has 2 unspecified atom stereocenters. The van der Waals surface area contributed by atoms with Gasteiger partial charge in [0.2, 0.25) is 0 Å². The fourth-order valence-corrected chi connectivity index (χ4v) is 4.99. The van der Waals surface area contributed by atoms with Crippen molar-refractivity contribution in [3.63, 3.8) is 0 Å². The van der Waals surface area contributed by atoms with Crippen LogP contribution in [0.15, 0.2) is 55.1 Å². The normalized spacial score (nSPS) is 16.9. The van der Waals surface area contributed by atoms with E-state index in [-0.39, 0.29) is 12.1 Å². The third kappa shape index (κ3) is 5.52. The first-order valence-electron chi connectivity index (χ1n) is 12.3. The molecule has 10 nitrogen and oxygen atoms in total.